The average molecular weight is 554 g/mol. The number of aromatic hydroxyl groups is 1. The van der Waals surface area contributed by atoms with Crippen molar-refractivity contribution in [3.8, 4) is 5.75 Å². The molecule has 0 aliphatic carbocycles. The summed E-state index contributed by atoms with van der Waals surface area (Å²) in [5, 5.41) is 44.3. The highest BCUT2D eigenvalue weighted by molar-refractivity contribution is 5.94. The molecule has 0 spiro atoms. The number of guanidine groups is 1. The molecule has 0 saturated heterocycles. The van der Waals surface area contributed by atoms with E-state index in [-0.39, 0.29) is 50.4 Å². The predicted molar refractivity (Wildman–Crippen MR) is 137 cm³/mol. The Bertz CT molecular complexity index is 1030. The van der Waals surface area contributed by atoms with Gasteiger partial charge in [-0.25, -0.2) is 4.79 Å². The fourth-order valence-corrected chi connectivity index (χ4v) is 3.27. The number of carbonyl (C=O) groups excluding carboxylic acids is 3. The van der Waals surface area contributed by atoms with Gasteiger partial charge in [0.05, 0.1) is 12.6 Å². The molecule has 4 unspecified atom stereocenters. The van der Waals surface area contributed by atoms with Gasteiger partial charge in [0.2, 0.25) is 17.7 Å². The highest BCUT2D eigenvalue weighted by atomic mass is 16.4. The predicted octanol–water partition coefficient (Wildman–Crippen LogP) is -3.29. The molecule has 0 aromatic heterocycles. The van der Waals surface area contributed by atoms with Gasteiger partial charge in [0.25, 0.3) is 0 Å². The van der Waals surface area contributed by atoms with Crippen molar-refractivity contribution in [1.82, 2.24) is 16.0 Å². The first kappa shape index (κ1) is 32.6. The number of carbonyl (C=O) groups is 5. The summed E-state index contributed by atoms with van der Waals surface area (Å²) in [6.07, 6.45) is -0.527. The minimum absolute atomic E-state index is 0.0391. The molecule has 3 amide bonds. The molecule has 0 fully saturated rings. The van der Waals surface area contributed by atoms with Gasteiger partial charge in [-0.3, -0.25) is 24.2 Å². The number of hydrogen-bond donors (Lipinski definition) is 10. The second-order valence-electron chi connectivity index (χ2n) is 8.56. The summed E-state index contributed by atoms with van der Waals surface area (Å²) < 4.78 is 0. The molecule has 0 radical (unpaired) electrons. The standard InChI is InChI=1S/C23H35N7O9/c24-14(7-8-18(33)34)19(35)29-16(10-12-3-5-13(32)6-4-12)20(36)30-17(11-31)21(37)28-15(22(38)39)2-1-9-27-23(25)26/h3-6,14-17,31-32H,1-2,7-11,24H2,(H,28,37)(H,29,35)(H,30,36)(H,33,34)(H,38,39)(H4,25,26,27). The van der Waals surface area contributed by atoms with E-state index in [1.165, 1.54) is 24.3 Å². The van der Waals surface area contributed by atoms with E-state index in [0.717, 1.165) is 0 Å². The van der Waals surface area contributed by atoms with Crippen LogP contribution in [-0.2, 0) is 30.4 Å². The van der Waals surface area contributed by atoms with Crippen molar-refractivity contribution in [2.24, 2.45) is 22.2 Å². The van der Waals surface area contributed by atoms with Gasteiger partial charge in [-0.2, -0.15) is 0 Å². The van der Waals surface area contributed by atoms with Gasteiger partial charge in [-0.15, -0.1) is 0 Å². The molecular formula is C23H35N7O9. The van der Waals surface area contributed by atoms with Gasteiger partial charge in [0, 0.05) is 19.4 Å². The number of phenolic OH excluding ortho intramolecular Hbond substituents is 1. The van der Waals surface area contributed by atoms with Crippen LogP contribution in [0.3, 0.4) is 0 Å². The highest BCUT2D eigenvalue weighted by Crippen LogP contribution is 2.12. The number of aliphatic carboxylic acids is 2. The summed E-state index contributed by atoms with van der Waals surface area (Å²) in [4.78, 5) is 64.3. The van der Waals surface area contributed by atoms with Gasteiger partial charge in [-0.1, -0.05) is 12.1 Å². The summed E-state index contributed by atoms with van der Waals surface area (Å²) in [7, 11) is 0. The molecule has 39 heavy (non-hydrogen) atoms. The number of nitrogens with two attached hydrogens (primary N) is 3. The lowest BCUT2D eigenvalue weighted by Gasteiger charge is -2.24. The maximum atomic E-state index is 13.1. The number of benzene rings is 1. The third-order valence-corrected chi connectivity index (χ3v) is 5.39. The number of carboxylic acids is 2. The van der Waals surface area contributed by atoms with E-state index < -0.39 is 60.4 Å². The smallest absolute Gasteiger partial charge is 0.326 e. The molecule has 216 valence electrons. The van der Waals surface area contributed by atoms with Crippen LogP contribution in [0, 0.1) is 0 Å². The molecule has 0 saturated carbocycles. The van der Waals surface area contributed by atoms with Crippen molar-refractivity contribution in [3.63, 3.8) is 0 Å². The quantitative estimate of drug-likeness (QED) is 0.0516. The van der Waals surface area contributed by atoms with E-state index in [1.54, 1.807) is 0 Å². The van der Waals surface area contributed by atoms with Gasteiger partial charge >= 0.3 is 11.9 Å². The summed E-state index contributed by atoms with van der Waals surface area (Å²) >= 11 is 0. The number of amides is 3. The van der Waals surface area contributed by atoms with E-state index in [2.05, 4.69) is 20.9 Å². The summed E-state index contributed by atoms with van der Waals surface area (Å²) in [6, 6.07) is 0.180. The van der Waals surface area contributed by atoms with E-state index in [0.29, 0.717) is 5.56 Å². The zero-order valence-corrected chi connectivity index (χ0v) is 21.1. The van der Waals surface area contributed by atoms with Crippen LogP contribution in [0.25, 0.3) is 0 Å². The SMILES string of the molecule is NC(N)=NCCCC(NC(=O)C(CO)NC(=O)C(Cc1ccc(O)cc1)NC(=O)C(N)CCC(=O)O)C(=O)O. The maximum absolute atomic E-state index is 13.1. The zero-order chi connectivity index (χ0) is 29.5. The second kappa shape index (κ2) is 16.4. The molecule has 1 aromatic rings. The zero-order valence-electron chi connectivity index (χ0n) is 21.1. The third-order valence-electron chi connectivity index (χ3n) is 5.39. The Morgan fingerprint density at radius 3 is 1.95 bits per heavy atom. The fourth-order valence-electron chi connectivity index (χ4n) is 3.27. The van der Waals surface area contributed by atoms with Crippen LogP contribution in [0.4, 0.5) is 0 Å². The lowest BCUT2D eigenvalue weighted by atomic mass is 10.0. The number of aliphatic imine (C=N–C) groups is 1. The largest absolute Gasteiger partial charge is 0.508 e. The first-order valence-corrected chi connectivity index (χ1v) is 11.9. The van der Waals surface area contributed by atoms with Crippen molar-refractivity contribution < 1.29 is 44.4 Å². The number of phenols is 1. The van der Waals surface area contributed by atoms with Crippen LogP contribution >= 0.6 is 0 Å². The maximum Gasteiger partial charge on any atom is 0.326 e. The van der Waals surface area contributed by atoms with Gasteiger partial charge in [0.1, 0.15) is 23.9 Å². The minimum atomic E-state index is -1.57. The van der Waals surface area contributed by atoms with Crippen LogP contribution in [-0.4, -0.2) is 93.4 Å². The molecule has 1 aromatic carbocycles. The normalized spacial score (nSPS) is 13.7. The van der Waals surface area contributed by atoms with E-state index in [9.17, 15) is 39.3 Å². The molecule has 0 aliphatic heterocycles. The summed E-state index contributed by atoms with van der Waals surface area (Å²) in [6.45, 7) is -0.773. The molecule has 0 heterocycles. The monoisotopic (exact) mass is 553 g/mol. The minimum Gasteiger partial charge on any atom is -0.508 e. The number of nitrogens with one attached hydrogen (secondary N) is 3. The van der Waals surface area contributed by atoms with Crippen LogP contribution in [0.2, 0.25) is 0 Å². The molecule has 1 rings (SSSR count). The Balaban J connectivity index is 2.97. The Kier molecular flexibility index (Phi) is 13.7. The number of carboxylic acid groups (broad SMARTS) is 2. The summed E-state index contributed by atoms with van der Waals surface area (Å²) in [5.74, 6) is -5.46. The number of aliphatic hydroxyl groups is 1. The van der Waals surface area contributed by atoms with Gasteiger partial charge < -0.3 is 53.6 Å². The number of aliphatic hydroxyl groups excluding tert-OH is 1. The molecule has 16 heteroatoms. The molecule has 0 bridgehead atoms. The van der Waals surface area contributed by atoms with Crippen molar-refractivity contribution >= 4 is 35.6 Å². The van der Waals surface area contributed by atoms with Crippen molar-refractivity contribution in [3.05, 3.63) is 29.8 Å². The van der Waals surface area contributed by atoms with Crippen LogP contribution < -0.4 is 33.2 Å². The molecule has 4 atom stereocenters. The van der Waals surface area contributed by atoms with E-state index in [1.807, 2.05) is 0 Å². The first-order chi connectivity index (χ1) is 18.3. The molecule has 0 aliphatic rings. The van der Waals surface area contributed by atoms with Crippen molar-refractivity contribution in [1.29, 1.82) is 0 Å². The van der Waals surface area contributed by atoms with E-state index in [4.69, 9.17) is 22.3 Å². The van der Waals surface area contributed by atoms with Crippen LogP contribution in [0.15, 0.2) is 29.3 Å². The fraction of sp³-hybridized carbons (Fsp3) is 0.478. The molecular weight excluding hydrogens is 518 g/mol. The van der Waals surface area contributed by atoms with Crippen molar-refractivity contribution in [2.75, 3.05) is 13.2 Å². The Morgan fingerprint density at radius 2 is 1.41 bits per heavy atom. The lowest BCUT2D eigenvalue weighted by molar-refractivity contribution is -0.143. The van der Waals surface area contributed by atoms with Crippen molar-refractivity contribution in [2.45, 2.75) is 56.3 Å². The number of nitrogens with zero attached hydrogens (tertiary/aromatic N) is 1. The second-order valence-corrected chi connectivity index (χ2v) is 8.56. The Morgan fingerprint density at radius 1 is 0.846 bits per heavy atom. The van der Waals surface area contributed by atoms with Crippen LogP contribution in [0.5, 0.6) is 5.75 Å². The van der Waals surface area contributed by atoms with E-state index >= 15 is 0 Å². The Labute approximate surface area is 223 Å². The van der Waals surface area contributed by atoms with Gasteiger partial charge in [0.15, 0.2) is 5.96 Å². The average Bonchev–Trinajstić information content (AvgIpc) is 2.87. The topological polar surface area (TPSA) is 293 Å². The van der Waals surface area contributed by atoms with Crippen LogP contribution in [0.1, 0.15) is 31.2 Å². The molecule has 16 nitrogen and oxygen atoms in total. The lowest BCUT2D eigenvalue weighted by Crippen LogP contribution is -2.58. The third kappa shape index (κ3) is 12.6. The number of rotatable bonds is 17. The highest BCUT2D eigenvalue weighted by Gasteiger charge is 2.30. The number of hydrogen-bond acceptors (Lipinski definition) is 9. The van der Waals surface area contributed by atoms with Gasteiger partial charge in [-0.05, 0) is 37.0 Å². The first-order valence-electron chi connectivity index (χ1n) is 11.9. The summed E-state index contributed by atoms with van der Waals surface area (Å²) in [5.41, 5.74) is 16.7. The Hall–Kier alpha value is -4.44. The molecule has 13 N–H and O–H groups in total.